The third kappa shape index (κ3) is 8.01. The highest BCUT2D eigenvalue weighted by molar-refractivity contribution is 6.03. The van der Waals surface area contributed by atoms with E-state index >= 15 is 0 Å². The summed E-state index contributed by atoms with van der Waals surface area (Å²) in [7, 11) is 0. The summed E-state index contributed by atoms with van der Waals surface area (Å²) in [6.45, 7) is 21.6. The predicted octanol–water partition coefficient (Wildman–Crippen LogP) is 25.6. The van der Waals surface area contributed by atoms with Crippen LogP contribution in [0.5, 0.6) is 0 Å². The molecule has 0 heteroatoms. The molecular formula is C98H76. The second-order valence-electron chi connectivity index (χ2n) is 30.7. The van der Waals surface area contributed by atoms with Crippen LogP contribution in [0, 0.1) is 6.92 Å². The van der Waals surface area contributed by atoms with E-state index in [1.54, 1.807) is 0 Å². The molecule has 5 aliphatic carbocycles. The minimum atomic E-state index is -0.921. The highest BCUT2D eigenvalue weighted by atomic mass is 14.5. The smallest absolute Gasteiger partial charge is 0.0622 e. The minimum Gasteiger partial charge on any atom is -0.0622 e. The summed E-state index contributed by atoms with van der Waals surface area (Å²) >= 11 is 0. The Balaban J connectivity index is 0.991. The first-order valence-corrected chi connectivity index (χ1v) is 35.2. The number of rotatable bonds is 8. The first kappa shape index (κ1) is 58.4. The molecule has 0 fully saturated rings. The average Bonchev–Trinajstić information content (AvgIpc) is 1.57. The van der Waals surface area contributed by atoms with Crippen LogP contribution < -0.4 is 0 Å². The fourth-order valence-electron chi connectivity index (χ4n) is 19.3. The van der Waals surface area contributed by atoms with Crippen molar-refractivity contribution < 1.29 is 0 Å². The van der Waals surface area contributed by atoms with E-state index in [-0.39, 0.29) is 21.7 Å². The lowest BCUT2D eigenvalue weighted by atomic mass is 9.65. The van der Waals surface area contributed by atoms with Crippen molar-refractivity contribution in [2.45, 2.75) is 89.4 Å². The first-order chi connectivity index (χ1) is 47.5. The quantitative estimate of drug-likeness (QED) is 0.142. The lowest BCUT2D eigenvalue weighted by molar-refractivity contribution is 0.660. The maximum atomic E-state index is 2.64. The Kier molecular flexibility index (Phi) is 12.4. The summed E-state index contributed by atoms with van der Waals surface area (Å²) < 4.78 is 0. The van der Waals surface area contributed by atoms with Gasteiger partial charge in [0.1, 0.15) is 0 Å². The van der Waals surface area contributed by atoms with E-state index in [1.165, 1.54) is 195 Å². The fraction of sp³-hybridized carbons (Fsp3) is 0.143. The van der Waals surface area contributed by atoms with E-state index in [1.807, 2.05) is 0 Å². The largest absolute Gasteiger partial charge is 0.0714 e. The molecule has 0 aliphatic heterocycles. The number of benzene rings is 14. The lowest BCUT2D eigenvalue weighted by Gasteiger charge is -2.36. The Morgan fingerprint density at radius 1 is 0.173 bits per heavy atom. The van der Waals surface area contributed by atoms with Crippen molar-refractivity contribution >= 4 is 0 Å². The molecule has 0 saturated carbocycles. The van der Waals surface area contributed by atoms with Gasteiger partial charge < -0.3 is 0 Å². The van der Waals surface area contributed by atoms with Gasteiger partial charge >= 0.3 is 0 Å². The van der Waals surface area contributed by atoms with Gasteiger partial charge in [0, 0.05) is 21.7 Å². The van der Waals surface area contributed by atoms with E-state index < -0.39 is 5.41 Å². The molecule has 14 aromatic rings. The van der Waals surface area contributed by atoms with Gasteiger partial charge in [-0.1, -0.05) is 316 Å². The molecule has 0 amide bonds. The summed E-state index contributed by atoms with van der Waals surface area (Å²) in [5.41, 5.74) is 43.1. The zero-order valence-corrected chi connectivity index (χ0v) is 57.3. The molecule has 5 aliphatic rings. The van der Waals surface area contributed by atoms with Crippen LogP contribution in [0.25, 0.3) is 122 Å². The summed E-state index contributed by atoms with van der Waals surface area (Å²) in [6, 6.07) is 116. The second-order valence-corrected chi connectivity index (χ2v) is 30.7. The topological polar surface area (TPSA) is 0 Å². The molecule has 0 heterocycles. The van der Waals surface area contributed by atoms with E-state index in [2.05, 4.69) is 360 Å². The van der Waals surface area contributed by atoms with Gasteiger partial charge in [-0.3, -0.25) is 0 Å². The van der Waals surface area contributed by atoms with Crippen LogP contribution in [0.4, 0.5) is 0 Å². The van der Waals surface area contributed by atoms with E-state index in [0.717, 1.165) is 0 Å². The van der Waals surface area contributed by atoms with Gasteiger partial charge in [-0.15, -0.1) is 0 Å². The molecule has 98 heavy (non-hydrogen) atoms. The van der Waals surface area contributed by atoms with Crippen LogP contribution in [-0.4, -0.2) is 0 Å². The van der Waals surface area contributed by atoms with Crippen LogP contribution in [-0.2, 0) is 27.1 Å². The average molecular weight is 1250 g/mol. The summed E-state index contributed by atoms with van der Waals surface area (Å²) in [5.74, 6) is 0. The highest BCUT2D eigenvalue weighted by Crippen LogP contribution is 2.63. The van der Waals surface area contributed by atoms with E-state index in [0.29, 0.717) is 0 Å². The second kappa shape index (κ2) is 20.8. The Labute approximate surface area is 577 Å². The van der Waals surface area contributed by atoms with Gasteiger partial charge in [0.15, 0.2) is 0 Å². The Hall–Kier alpha value is -10.9. The first-order valence-electron chi connectivity index (χ1n) is 35.2. The van der Waals surface area contributed by atoms with Gasteiger partial charge in [0.05, 0.1) is 5.41 Å². The highest BCUT2D eigenvalue weighted by Gasteiger charge is 2.50. The molecule has 14 aromatic carbocycles. The molecule has 0 aromatic heterocycles. The van der Waals surface area contributed by atoms with Gasteiger partial charge in [-0.05, 0) is 239 Å². The van der Waals surface area contributed by atoms with Gasteiger partial charge in [-0.25, -0.2) is 0 Å². The van der Waals surface area contributed by atoms with Crippen molar-refractivity contribution in [1.29, 1.82) is 0 Å². The third-order valence-corrected chi connectivity index (χ3v) is 24.0. The van der Waals surface area contributed by atoms with Gasteiger partial charge in [0.2, 0.25) is 0 Å². The van der Waals surface area contributed by atoms with E-state index in [4.69, 9.17) is 0 Å². The predicted molar refractivity (Wildman–Crippen MR) is 411 cm³/mol. The molecule has 0 unspecified atom stereocenters. The van der Waals surface area contributed by atoms with Gasteiger partial charge in [-0.2, -0.15) is 0 Å². The van der Waals surface area contributed by atoms with Crippen LogP contribution in [0.2, 0.25) is 0 Å². The molecule has 0 N–H and O–H groups in total. The monoisotopic (exact) mass is 1250 g/mol. The van der Waals surface area contributed by atoms with Crippen LogP contribution >= 0.6 is 0 Å². The molecular weight excluding hydrogens is 1180 g/mol. The zero-order chi connectivity index (χ0) is 66.4. The molecule has 468 valence electrons. The summed E-state index contributed by atoms with van der Waals surface area (Å²) in [4.78, 5) is 0. The molecule has 0 saturated heterocycles. The SMILES string of the molecule is Cc1ccc2c(c1)-c1c(-c3cccc(-c4ccccc4)c3)cccc1C2(c1cc(-c2cccc3c2-c2ccccc2C3(C)C)cc(-c2cccc3c2-c2ccccc2C3(C)C)c1)c1cc(-c2cccc3c2-c2ccccc2C3(C)C)cc(-c2cccc3c2-c2ccccc2C3(C)C)c1. The zero-order valence-electron chi connectivity index (χ0n) is 57.3. The van der Waals surface area contributed by atoms with Crippen molar-refractivity contribution in [2.24, 2.45) is 0 Å². The molecule has 0 radical (unpaired) electrons. The lowest BCUT2D eigenvalue weighted by Crippen LogP contribution is -2.29. The molecule has 0 spiro atoms. The molecule has 0 atom stereocenters. The summed E-state index contributed by atoms with van der Waals surface area (Å²) in [6.07, 6.45) is 0. The normalized spacial score (nSPS) is 15.6. The molecule has 0 bridgehead atoms. The van der Waals surface area contributed by atoms with Crippen molar-refractivity contribution in [3.05, 3.63) is 370 Å². The Morgan fingerprint density at radius 3 is 0.837 bits per heavy atom. The van der Waals surface area contributed by atoms with Crippen LogP contribution in [0.3, 0.4) is 0 Å². The number of hydrogen-bond acceptors (Lipinski definition) is 0. The van der Waals surface area contributed by atoms with Crippen LogP contribution in [0.15, 0.2) is 297 Å². The number of fused-ring (bicyclic) bond motifs is 15. The maximum absolute atomic E-state index is 2.64. The minimum absolute atomic E-state index is 0.202. The van der Waals surface area contributed by atoms with Crippen molar-refractivity contribution in [2.75, 3.05) is 0 Å². The van der Waals surface area contributed by atoms with Crippen molar-refractivity contribution in [3.63, 3.8) is 0 Å². The number of aryl methyl sites for hydroxylation is 1. The number of hydrogen-bond donors (Lipinski definition) is 0. The third-order valence-electron chi connectivity index (χ3n) is 24.0. The fourth-order valence-corrected chi connectivity index (χ4v) is 19.3. The standard InChI is InChI=1S/C98H76/c1-59-49-50-83-78(51-59)93-69(62-30-21-29-61(52-62)60-27-11-10-12-28-60)35-26-48-88(93)98(83,67-55-63(70-36-22-44-84-89(70)74-31-13-17-40-79(74)94(84,2)3)53-64(56-67)71-37-23-45-85-90(71)75-32-14-18-41-80(75)95(85,4)5)68-57-65(72-38-24-46-86-91(72)76-33-15-19-42-81(76)96(86,6)7)54-66(58-68)73-39-25-47-87-92(73)77-34-16-20-43-82(77)97(87,8)9/h10-58H,1-9H3. The van der Waals surface area contributed by atoms with Crippen LogP contribution in [0.1, 0.15) is 128 Å². The summed E-state index contributed by atoms with van der Waals surface area (Å²) in [5, 5.41) is 0. The molecule has 0 nitrogen and oxygen atoms in total. The van der Waals surface area contributed by atoms with Gasteiger partial charge in [0.25, 0.3) is 0 Å². The maximum Gasteiger partial charge on any atom is 0.0714 e. The van der Waals surface area contributed by atoms with Crippen molar-refractivity contribution in [3.8, 4) is 122 Å². The molecule has 19 rings (SSSR count). The van der Waals surface area contributed by atoms with Crippen molar-refractivity contribution in [1.82, 2.24) is 0 Å². The Morgan fingerprint density at radius 2 is 0.449 bits per heavy atom. The van der Waals surface area contributed by atoms with E-state index in [9.17, 15) is 0 Å². The Bertz CT molecular complexity index is 5240.